The Morgan fingerprint density at radius 3 is 2.81 bits per heavy atom. The second-order valence-corrected chi connectivity index (χ2v) is 6.50. The van der Waals surface area contributed by atoms with Crippen LogP contribution in [0.1, 0.15) is 18.7 Å². The van der Waals surface area contributed by atoms with E-state index in [2.05, 4.69) is 10.1 Å². The standard InChI is InChI=1S/C17H21ClN4O4.ClH/c1-24-13-8-10(7-12(18)16(13)25-2)17-20-14(26-21-17)3-4-15(23)22-6-5-11(19)9-22;/h7-8,11H,3-6,9,19H2,1-2H3;1H. The number of hydrogen-bond acceptors (Lipinski definition) is 7. The number of benzene rings is 1. The van der Waals surface area contributed by atoms with E-state index in [0.717, 1.165) is 6.42 Å². The SMILES string of the molecule is COc1cc(-c2noc(CCC(=O)N3CCC(N)C3)n2)cc(Cl)c1OC.Cl. The van der Waals surface area contributed by atoms with Gasteiger partial charge in [-0.15, -0.1) is 12.4 Å². The molecule has 0 saturated carbocycles. The molecule has 1 saturated heterocycles. The summed E-state index contributed by atoms with van der Waals surface area (Å²) < 4.78 is 15.7. The summed E-state index contributed by atoms with van der Waals surface area (Å²) in [5.41, 5.74) is 6.47. The van der Waals surface area contributed by atoms with Gasteiger partial charge in [0, 0.05) is 37.5 Å². The van der Waals surface area contributed by atoms with E-state index in [1.807, 2.05) is 0 Å². The van der Waals surface area contributed by atoms with Crippen LogP contribution in [-0.4, -0.2) is 54.3 Å². The lowest BCUT2D eigenvalue weighted by atomic mass is 10.2. The van der Waals surface area contributed by atoms with Gasteiger partial charge < -0.3 is 24.6 Å². The molecule has 10 heteroatoms. The molecule has 2 aromatic rings. The molecule has 0 spiro atoms. The largest absolute Gasteiger partial charge is 0.493 e. The fourth-order valence-electron chi connectivity index (χ4n) is 2.91. The first-order valence-electron chi connectivity index (χ1n) is 8.29. The van der Waals surface area contributed by atoms with Crippen molar-refractivity contribution in [3.8, 4) is 22.9 Å². The van der Waals surface area contributed by atoms with Gasteiger partial charge in [0.15, 0.2) is 11.5 Å². The lowest BCUT2D eigenvalue weighted by Gasteiger charge is -2.14. The molecule has 1 aliphatic heterocycles. The van der Waals surface area contributed by atoms with Gasteiger partial charge in [-0.3, -0.25) is 4.79 Å². The molecule has 1 amide bonds. The molecule has 1 fully saturated rings. The van der Waals surface area contributed by atoms with E-state index in [0.29, 0.717) is 59.7 Å². The number of carbonyl (C=O) groups excluding carboxylic acids is 1. The maximum Gasteiger partial charge on any atom is 0.227 e. The third-order valence-electron chi connectivity index (χ3n) is 4.29. The summed E-state index contributed by atoms with van der Waals surface area (Å²) in [5, 5.41) is 4.34. The van der Waals surface area contributed by atoms with E-state index >= 15 is 0 Å². The second kappa shape index (κ2) is 9.25. The molecule has 2 heterocycles. The summed E-state index contributed by atoms with van der Waals surface area (Å²) in [5.74, 6) is 1.73. The van der Waals surface area contributed by atoms with Crippen LogP contribution in [-0.2, 0) is 11.2 Å². The van der Waals surface area contributed by atoms with Crippen molar-refractivity contribution in [1.29, 1.82) is 0 Å². The molecule has 0 radical (unpaired) electrons. The molecule has 0 aliphatic carbocycles. The Kier molecular flexibility index (Phi) is 7.29. The third kappa shape index (κ3) is 4.82. The van der Waals surface area contributed by atoms with Gasteiger partial charge in [0.2, 0.25) is 17.6 Å². The Hall–Kier alpha value is -2.03. The van der Waals surface area contributed by atoms with Crippen molar-refractivity contribution in [2.45, 2.75) is 25.3 Å². The van der Waals surface area contributed by atoms with Crippen LogP contribution in [0.15, 0.2) is 16.7 Å². The van der Waals surface area contributed by atoms with Crippen LogP contribution >= 0.6 is 24.0 Å². The van der Waals surface area contributed by atoms with Gasteiger partial charge in [0.1, 0.15) is 0 Å². The zero-order valence-electron chi connectivity index (χ0n) is 15.1. The summed E-state index contributed by atoms with van der Waals surface area (Å²) in [7, 11) is 3.04. The molecule has 3 rings (SSSR count). The first-order chi connectivity index (χ1) is 12.5. The van der Waals surface area contributed by atoms with E-state index in [-0.39, 0.29) is 24.4 Å². The lowest BCUT2D eigenvalue weighted by Crippen LogP contribution is -2.31. The number of carbonyl (C=O) groups is 1. The highest BCUT2D eigenvalue weighted by atomic mass is 35.5. The van der Waals surface area contributed by atoms with Gasteiger partial charge in [0.05, 0.1) is 19.2 Å². The first-order valence-corrected chi connectivity index (χ1v) is 8.67. The summed E-state index contributed by atoms with van der Waals surface area (Å²) >= 11 is 6.21. The van der Waals surface area contributed by atoms with Crippen LogP contribution in [0.3, 0.4) is 0 Å². The van der Waals surface area contributed by atoms with E-state index < -0.39 is 0 Å². The maximum absolute atomic E-state index is 12.2. The van der Waals surface area contributed by atoms with Crippen LogP contribution in [0.25, 0.3) is 11.4 Å². The number of ether oxygens (including phenoxy) is 2. The smallest absolute Gasteiger partial charge is 0.227 e. The molecule has 148 valence electrons. The molecular weight excluding hydrogens is 395 g/mol. The predicted octanol–water partition coefficient (Wildman–Crippen LogP) is 2.32. The van der Waals surface area contributed by atoms with Crippen LogP contribution in [0, 0.1) is 0 Å². The molecule has 0 bridgehead atoms. The summed E-state index contributed by atoms with van der Waals surface area (Å²) in [6.07, 6.45) is 1.52. The monoisotopic (exact) mass is 416 g/mol. The van der Waals surface area contributed by atoms with Gasteiger partial charge in [-0.2, -0.15) is 4.98 Å². The fraction of sp³-hybridized carbons (Fsp3) is 0.471. The highest BCUT2D eigenvalue weighted by molar-refractivity contribution is 6.32. The highest BCUT2D eigenvalue weighted by Gasteiger charge is 2.24. The van der Waals surface area contributed by atoms with E-state index in [9.17, 15) is 4.79 Å². The Morgan fingerprint density at radius 1 is 1.41 bits per heavy atom. The Bertz CT molecular complexity index is 799. The number of halogens is 2. The number of aromatic nitrogens is 2. The quantitative estimate of drug-likeness (QED) is 0.769. The summed E-state index contributed by atoms with van der Waals surface area (Å²) in [4.78, 5) is 18.3. The van der Waals surface area contributed by atoms with Gasteiger partial charge >= 0.3 is 0 Å². The number of nitrogens with two attached hydrogens (primary N) is 1. The van der Waals surface area contributed by atoms with Crippen molar-refractivity contribution in [1.82, 2.24) is 15.0 Å². The highest BCUT2D eigenvalue weighted by Crippen LogP contribution is 2.38. The van der Waals surface area contributed by atoms with Crippen LogP contribution in [0.4, 0.5) is 0 Å². The molecule has 1 aromatic heterocycles. The maximum atomic E-state index is 12.2. The van der Waals surface area contributed by atoms with Gasteiger partial charge in [-0.25, -0.2) is 0 Å². The van der Waals surface area contributed by atoms with Crippen molar-refractivity contribution in [2.24, 2.45) is 5.73 Å². The number of amides is 1. The van der Waals surface area contributed by atoms with Gasteiger partial charge in [-0.05, 0) is 18.6 Å². The minimum Gasteiger partial charge on any atom is -0.493 e. The van der Waals surface area contributed by atoms with Crippen molar-refractivity contribution in [3.05, 3.63) is 23.0 Å². The number of rotatable bonds is 6. The van der Waals surface area contributed by atoms with Crippen molar-refractivity contribution >= 4 is 29.9 Å². The minimum atomic E-state index is 0. The zero-order chi connectivity index (χ0) is 18.7. The summed E-state index contributed by atoms with van der Waals surface area (Å²) in [6.45, 7) is 1.32. The average Bonchev–Trinajstić information content (AvgIpc) is 3.28. The molecule has 8 nitrogen and oxygen atoms in total. The van der Waals surface area contributed by atoms with Crippen LogP contribution in [0.5, 0.6) is 11.5 Å². The third-order valence-corrected chi connectivity index (χ3v) is 4.57. The number of methoxy groups -OCH3 is 2. The zero-order valence-corrected chi connectivity index (χ0v) is 16.7. The molecule has 1 aromatic carbocycles. The number of nitrogens with zero attached hydrogens (tertiary/aromatic N) is 3. The second-order valence-electron chi connectivity index (χ2n) is 6.09. The predicted molar refractivity (Wildman–Crippen MR) is 103 cm³/mol. The Balaban J connectivity index is 0.00000261. The van der Waals surface area contributed by atoms with Crippen molar-refractivity contribution in [3.63, 3.8) is 0 Å². The Morgan fingerprint density at radius 2 is 2.19 bits per heavy atom. The summed E-state index contributed by atoms with van der Waals surface area (Å²) in [6, 6.07) is 3.47. The topological polar surface area (TPSA) is 104 Å². The van der Waals surface area contributed by atoms with E-state index in [1.54, 1.807) is 17.0 Å². The molecule has 1 aliphatic rings. The van der Waals surface area contributed by atoms with Crippen molar-refractivity contribution in [2.75, 3.05) is 27.3 Å². The fourth-order valence-corrected chi connectivity index (χ4v) is 3.19. The number of likely N-dealkylation sites (tertiary alicyclic amines) is 1. The lowest BCUT2D eigenvalue weighted by molar-refractivity contribution is -0.130. The molecule has 27 heavy (non-hydrogen) atoms. The first kappa shape index (κ1) is 21.3. The molecular formula is C17H22Cl2N4O4. The molecule has 1 unspecified atom stereocenters. The van der Waals surface area contributed by atoms with E-state index in [1.165, 1.54) is 14.2 Å². The number of hydrogen-bond donors (Lipinski definition) is 1. The average molecular weight is 417 g/mol. The van der Waals surface area contributed by atoms with E-state index in [4.69, 9.17) is 31.3 Å². The molecule has 2 N–H and O–H groups in total. The van der Waals surface area contributed by atoms with Crippen LogP contribution < -0.4 is 15.2 Å². The Labute approximate surface area is 168 Å². The van der Waals surface area contributed by atoms with Gasteiger partial charge in [0.25, 0.3) is 0 Å². The molecule has 1 atom stereocenters. The van der Waals surface area contributed by atoms with Crippen molar-refractivity contribution < 1.29 is 18.8 Å². The van der Waals surface area contributed by atoms with Gasteiger partial charge in [-0.1, -0.05) is 16.8 Å². The normalized spacial score (nSPS) is 16.1. The number of aryl methyl sites for hydroxylation is 1. The van der Waals surface area contributed by atoms with Crippen LogP contribution in [0.2, 0.25) is 5.02 Å². The minimum absolute atomic E-state index is 0.